The average molecular weight is 382 g/mol. The molecule has 7 heteroatoms. The van der Waals surface area contributed by atoms with E-state index in [4.69, 9.17) is 19.2 Å². The Balaban J connectivity index is 2.28. The number of methoxy groups -OCH3 is 1. The monoisotopic (exact) mass is 382 g/mol. The normalized spacial score (nSPS) is 35.3. The number of hydrogen-bond donors (Lipinski definition) is 0. The Morgan fingerprint density at radius 2 is 1.88 bits per heavy atom. The van der Waals surface area contributed by atoms with Gasteiger partial charge in [-0.3, -0.25) is 9.00 Å². The van der Waals surface area contributed by atoms with Gasteiger partial charge in [0.15, 0.2) is 11.0 Å². The number of fused-ring (bicyclic) bond motifs is 1. The predicted octanol–water partition coefficient (Wildman–Crippen LogP) is 3.27. The van der Waals surface area contributed by atoms with Crippen LogP contribution in [-0.4, -0.2) is 28.3 Å². The second-order valence-corrected chi connectivity index (χ2v) is 10.0. The largest absolute Gasteiger partial charge is 0.497 e. The highest BCUT2D eigenvalue weighted by Crippen LogP contribution is 2.72. The summed E-state index contributed by atoms with van der Waals surface area (Å²) in [5.41, 5.74) is -2.37. The van der Waals surface area contributed by atoms with E-state index in [1.165, 1.54) is 6.92 Å². The molecule has 4 atom stereocenters. The maximum Gasteiger partial charge on any atom is 0.303 e. The first-order valence-electron chi connectivity index (χ1n) is 8.55. The van der Waals surface area contributed by atoms with E-state index in [-0.39, 0.29) is 0 Å². The van der Waals surface area contributed by atoms with Crippen LogP contribution in [0.2, 0.25) is 0 Å². The molecule has 26 heavy (non-hydrogen) atoms. The molecule has 0 aliphatic carbocycles. The second-order valence-electron chi connectivity index (χ2n) is 8.41. The van der Waals surface area contributed by atoms with Crippen LogP contribution in [0.5, 0.6) is 5.75 Å². The van der Waals surface area contributed by atoms with Crippen molar-refractivity contribution in [3.63, 3.8) is 0 Å². The van der Waals surface area contributed by atoms with Gasteiger partial charge in [0.1, 0.15) is 16.5 Å². The van der Waals surface area contributed by atoms with E-state index in [0.717, 1.165) is 0 Å². The molecule has 0 radical (unpaired) electrons. The molecule has 0 amide bonds. The Morgan fingerprint density at radius 1 is 1.23 bits per heavy atom. The molecule has 0 N–H and O–H groups in total. The molecule has 1 aromatic rings. The Morgan fingerprint density at radius 3 is 2.35 bits per heavy atom. The van der Waals surface area contributed by atoms with Crippen molar-refractivity contribution in [2.24, 2.45) is 10.8 Å². The predicted molar refractivity (Wildman–Crippen MR) is 96.5 cm³/mol. The summed E-state index contributed by atoms with van der Waals surface area (Å²) < 4.78 is 24.5. The fraction of sp³-hybridized carbons (Fsp3) is 0.632. The summed E-state index contributed by atoms with van der Waals surface area (Å²) >= 11 is 0. The van der Waals surface area contributed by atoms with Gasteiger partial charge in [0.2, 0.25) is 4.93 Å². The molecule has 2 aliphatic heterocycles. The Bertz CT molecular complexity index is 768. The number of benzene rings is 1. The lowest BCUT2D eigenvalue weighted by molar-refractivity contribution is -0.569. The van der Waals surface area contributed by atoms with Gasteiger partial charge < -0.3 is 9.47 Å². The van der Waals surface area contributed by atoms with Crippen LogP contribution in [-0.2, 0) is 35.0 Å². The van der Waals surface area contributed by atoms with E-state index >= 15 is 0 Å². The highest BCUT2D eigenvalue weighted by Gasteiger charge is 2.87. The van der Waals surface area contributed by atoms with Crippen molar-refractivity contribution < 1.29 is 28.3 Å². The summed E-state index contributed by atoms with van der Waals surface area (Å²) in [5, 5.41) is 0. The Labute approximate surface area is 156 Å². The number of carbonyl (C=O) groups excluding carboxylic acids is 1. The van der Waals surface area contributed by atoms with Crippen molar-refractivity contribution in [3.8, 4) is 5.75 Å². The molecule has 6 nitrogen and oxygen atoms in total. The topological polar surface area (TPSA) is 71.1 Å². The van der Waals surface area contributed by atoms with Gasteiger partial charge in [0.25, 0.3) is 0 Å². The number of ether oxygens (including phenoxy) is 2. The number of rotatable bonds is 3. The summed E-state index contributed by atoms with van der Waals surface area (Å²) in [5.74, 6) is 0.142. The molecule has 2 aliphatic rings. The van der Waals surface area contributed by atoms with E-state index in [1.807, 2.05) is 52.8 Å². The molecular weight excluding hydrogens is 356 g/mol. The summed E-state index contributed by atoms with van der Waals surface area (Å²) in [4.78, 5) is 21.9. The van der Waals surface area contributed by atoms with E-state index in [0.29, 0.717) is 11.3 Å². The average Bonchev–Trinajstić information content (AvgIpc) is 2.59. The van der Waals surface area contributed by atoms with Crippen molar-refractivity contribution in [2.45, 2.75) is 57.5 Å². The van der Waals surface area contributed by atoms with Crippen LogP contribution < -0.4 is 4.74 Å². The minimum absolute atomic E-state index is 0.456. The number of esters is 1. The van der Waals surface area contributed by atoms with Gasteiger partial charge in [-0.1, -0.05) is 46.8 Å². The van der Waals surface area contributed by atoms with Crippen LogP contribution in [0, 0.1) is 10.8 Å². The van der Waals surface area contributed by atoms with Crippen LogP contribution in [0.25, 0.3) is 0 Å². The van der Waals surface area contributed by atoms with E-state index in [2.05, 4.69) is 0 Å². The minimum Gasteiger partial charge on any atom is -0.497 e. The lowest BCUT2D eigenvalue weighted by Gasteiger charge is -2.61. The first-order chi connectivity index (χ1) is 12.0. The van der Waals surface area contributed by atoms with E-state index in [9.17, 15) is 9.00 Å². The molecule has 0 bridgehead atoms. The third kappa shape index (κ3) is 2.11. The summed E-state index contributed by atoms with van der Waals surface area (Å²) in [6.45, 7) is 11.2. The maximum atomic E-state index is 13.7. The smallest absolute Gasteiger partial charge is 0.303 e. The minimum atomic E-state index is -1.69. The van der Waals surface area contributed by atoms with Crippen molar-refractivity contribution in [1.29, 1.82) is 0 Å². The van der Waals surface area contributed by atoms with Crippen LogP contribution in [0.3, 0.4) is 0 Å². The van der Waals surface area contributed by atoms with Gasteiger partial charge in [0.05, 0.1) is 12.5 Å². The van der Waals surface area contributed by atoms with Crippen LogP contribution in [0.4, 0.5) is 0 Å². The second kappa shape index (κ2) is 5.78. The maximum absolute atomic E-state index is 13.7. The third-order valence-electron chi connectivity index (χ3n) is 5.50. The van der Waals surface area contributed by atoms with Crippen molar-refractivity contribution in [3.05, 3.63) is 29.8 Å². The zero-order chi connectivity index (χ0) is 19.5. The molecule has 3 rings (SSSR count). The van der Waals surface area contributed by atoms with E-state index < -0.39 is 43.6 Å². The molecule has 2 fully saturated rings. The molecular formula is C19H26O6S. The quantitative estimate of drug-likeness (QED) is 0.590. The lowest BCUT2D eigenvalue weighted by atomic mass is 9.57. The number of carbonyl (C=O) groups is 1. The summed E-state index contributed by atoms with van der Waals surface area (Å²) in [6.07, 6.45) is 0. The van der Waals surface area contributed by atoms with Gasteiger partial charge >= 0.3 is 5.97 Å². The van der Waals surface area contributed by atoms with Gasteiger partial charge in [-0.15, -0.1) is 0 Å². The van der Waals surface area contributed by atoms with Crippen LogP contribution in [0.1, 0.15) is 47.1 Å². The SMILES string of the molecule is COc1cccc([C@]23OO[C@@]2(C(C)(C)C)C(C)(C)[C@H](OC(C)=O)S3=O)c1. The fourth-order valence-corrected chi connectivity index (χ4v) is 7.19. The van der Waals surface area contributed by atoms with Crippen molar-refractivity contribution >= 4 is 16.8 Å². The van der Waals surface area contributed by atoms with Crippen molar-refractivity contribution in [1.82, 2.24) is 0 Å². The van der Waals surface area contributed by atoms with E-state index in [1.54, 1.807) is 13.2 Å². The number of hydrogen-bond acceptors (Lipinski definition) is 6. The van der Waals surface area contributed by atoms with Gasteiger partial charge in [-0.05, 0) is 17.5 Å². The van der Waals surface area contributed by atoms with Crippen LogP contribution >= 0.6 is 0 Å². The first-order valence-corrected chi connectivity index (χ1v) is 9.76. The first kappa shape index (κ1) is 19.3. The molecule has 0 aromatic heterocycles. The summed E-state index contributed by atoms with van der Waals surface area (Å²) in [7, 11) is -0.118. The van der Waals surface area contributed by atoms with Gasteiger partial charge in [-0.2, -0.15) is 0 Å². The van der Waals surface area contributed by atoms with Crippen LogP contribution in [0.15, 0.2) is 24.3 Å². The third-order valence-corrected chi connectivity index (χ3v) is 7.73. The standard InChI is InChI=1S/C19H26O6S/c1-12(20)23-15-17(5,6)19(16(2,3)4)18(24-25-19,26(15)21)13-9-8-10-14(11-13)22-7/h8-11,15H,1-7H3/t15-,18-,19+,26?/m1/s1. The molecule has 2 heterocycles. The molecule has 1 unspecified atom stereocenters. The Kier molecular flexibility index (Phi) is 4.29. The Hall–Kier alpha value is -1.44. The summed E-state index contributed by atoms with van der Waals surface area (Å²) in [6, 6.07) is 7.27. The molecule has 0 saturated carbocycles. The lowest BCUT2D eigenvalue weighted by Crippen LogP contribution is -2.73. The fourth-order valence-electron chi connectivity index (χ4n) is 4.61. The molecule has 2 saturated heterocycles. The highest BCUT2D eigenvalue weighted by atomic mass is 32.2. The molecule has 144 valence electrons. The van der Waals surface area contributed by atoms with Gasteiger partial charge in [-0.25, -0.2) is 9.78 Å². The zero-order valence-electron chi connectivity index (χ0n) is 16.2. The molecule has 0 spiro atoms. The highest BCUT2D eigenvalue weighted by molar-refractivity contribution is 7.86. The van der Waals surface area contributed by atoms with Gasteiger partial charge in [0, 0.05) is 12.5 Å². The van der Waals surface area contributed by atoms with Crippen molar-refractivity contribution in [2.75, 3.05) is 7.11 Å². The zero-order valence-corrected chi connectivity index (χ0v) is 17.1. The molecule has 1 aromatic carbocycles.